The number of hydrogen-bond donors (Lipinski definition) is 1. The number of carbonyl (C=O) groups is 2. The minimum atomic E-state index is -0.514. The predicted molar refractivity (Wildman–Crippen MR) is 95.9 cm³/mol. The van der Waals surface area contributed by atoms with E-state index in [0.29, 0.717) is 16.1 Å². The van der Waals surface area contributed by atoms with Gasteiger partial charge in [0, 0.05) is 23.1 Å². The molecule has 2 rings (SSSR count). The molecular weight excluding hydrogens is 344 g/mol. The third-order valence-electron chi connectivity index (χ3n) is 3.52. The first-order chi connectivity index (χ1) is 11.8. The van der Waals surface area contributed by atoms with E-state index in [1.54, 1.807) is 13.0 Å². The van der Waals surface area contributed by atoms with Crippen LogP contribution in [0.5, 0.6) is 0 Å². The zero-order valence-corrected chi connectivity index (χ0v) is 14.7. The Morgan fingerprint density at radius 3 is 2.68 bits per heavy atom. The molecule has 1 N–H and O–H groups in total. The average molecular weight is 360 g/mol. The number of carbonyl (C=O) groups excluding carboxylic acids is 2. The van der Waals surface area contributed by atoms with E-state index in [1.165, 1.54) is 48.8 Å². The van der Waals surface area contributed by atoms with Crippen molar-refractivity contribution in [1.29, 1.82) is 0 Å². The van der Waals surface area contributed by atoms with Gasteiger partial charge in [-0.2, -0.15) is 0 Å². The molecule has 0 fully saturated rings. The Morgan fingerprint density at radius 2 is 2.04 bits per heavy atom. The summed E-state index contributed by atoms with van der Waals surface area (Å²) >= 11 is 1.29. The lowest BCUT2D eigenvalue weighted by molar-refractivity contribution is -0.384. The molecule has 0 spiro atoms. The summed E-state index contributed by atoms with van der Waals surface area (Å²) in [7, 11) is 1.28. The van der Waals surface area contributed by atoms with Gasteiger partial charge in [0.1, 0.15) is 5.00 Å². The highest BCUT2D eigenvalue weighted by Gasteiger charge is 2.20. The summed E-state index contributed by atoms with van der Waals surface area (Å²) < 4.78 is 4.75. The molecule has 130 valence electrons. The zero-order valence-electron chi connectivity index (χ0n) is 13.9. The van der Waals surface area contributed by atoms with Crippen LogP contribution in [0.25, 0.3) is 6.08 Å². The van der Waals surface area contributed by atoms with Crippen LogP contribution >= 0.6 is 11.3 Å². The number of amides is 1. The van der Waals surface area contributed by atoms with Crippen LogP contribution in [0.1, 0.15) is 26.4 Å². The van der Waals surface area contributed by atoms with Crippen LogP contribution in [0.3, 0.4) is 0 Å². The maximum atomic E-state index is 12.1. The smallest absolute Gasteiger partial charge is 0.341 e. The molecule has 2 aromatic rings. The number of esters is 1. The van der Waals surface area contributed by atoms with E-state index < -0.39 is 16.8 Å². The first kappa shape index (κ1) is 18.3. The molecule has 0 aliphatic carbocycles. The molecule has 0 bridgehead atoms. The molecule has 1 amide bonds. The molecule has 0 radical (unpaired) electrons. The van der Waals surface area contributed by atoms with Crippen molar-refractivity contribution >= 4 is 40.0 Å². The number of non-ortho nitro benzene ring substituents is 1. The highest BCUT2D eigenvalue weighted by molar-refractivity contribution is 7.16. The largest absolute Gasteiger partial charge is 0.465 e. The average Bonchev–Trinajstić information content (AvgIpc) is 2.86. The quantitative estimate of drug-likeness (QED) is 0.379. The Bertz CT molecular complexity index is 870. The van der Waals surface area contributed by atoms with Crippen molar-refractivity contribution in [3.8, 4) is 0 Å². The molecule has 7 nitrogen and oxygen atoms in total. The Balaban J connectivity index is 2.18. The van der Waals surface area contributed by atoms with Crippen molar-refractivity contribution < 1.29 is 19.2 Å². The third kappa shape index (κ3) is 4.30. The summed E-state index contributed by atoms with van der Waals surface area (Å²) in [5.41, 5.74) is 1.56. The number of methoxy groups -OCH3 is 1. The number of nitro benzene ring substituents is 1. The van der Waals surface area contributed by atoms with Gasteiger partial charge in [-0.15, -0.1) is 11.3 Å². The fraction of sp³-hybridized carbons (Fsp3) is 0.176. The maximum Gasteiger partial charge on any atom is 0.341 e. The minimum absolute atomic E-state index is 0.0555. The molecule has 1 aromatic heterocycles. The van der Waals surface area contributed by atoms with E-state index in [2.05, 4.69) is 5.32 Å². The summed E-state index contributed by atoms with van der Waals surface area (Å²) in [6, 6.07) is 5.92. The second-order valence-corrected chi connectivity index (χ2v) is 6.38. The molecule has 1 heterocycles. The number of nitro groups is 1. The van der Waals surface area contributed by atoms with Gasteiger partial charge in [-0.3, -0.25) is 14.9 Å². The van der Waals surface area contributed by atoms with Gasteiger partial charge in [-0.05, 0) is 31.1 Å². The van der Waals surface area contributed by atoms with Crippen molar-refractivity contribution in [3.63, 3.8) is 0 Å². The van der Waals surface area contributed by atoms with E-state index in [-0.39, 0.29) is 5.69 Å². The van der Waals surface area contributed by atoms with Crippen molar-refractivity contribution in [2.45, 2.75) is 13.8 Å². The maximum absolute atomic E-state index is 12.1. The van der Waals surface area contributed by atoms with Crippen LogP contribution in [-0.4, -0.2) is 23.9 Å². The van der Waals surface area contributed by atoms with Gasteiger partial charge in [0.2, 0.25) is 5.91 Å². The van der Waals surface area contributed by atoms with Crippen LogP contribution in [-0.2, 0) is 9.53 Å². The Labute approximate surface area is 148 Å². The number of thiophene rings is 1. The Morgan fingerprint density at radius 1 is 1.32 bits per heavy atom. The number of hydrogen-bond acceptors (Lipinski definition) is 6. The molecule has 1 aromatic carbocycles. The van der Waals surface area contributed by atoms with E-state index >= 15 is 0 Å². The van der Waals surface area contributed by atoms with Gasteiger partial charge in [0.25, 0.3) is 5.69 Å². The summed E-state index contributed by atoms with van der Waals surface area (Å²) in [4.78, 5) is 35.1. The van der Waals surface area contributed by atoms with Crippen LogP contribution in [0.4, 0.5) is 10.7 Å². The second kappa shape index (κ2) is 7.71. The van der Waals surface area contributed by atoms with E-state index in [1.807, 2.05) is 6.92 Å². The molecule has 0 unspecified atom stereocenters. The number of rotatable bonds is 5. The molecule has 0 atom stereocenters. The van der Waals surface area contributed by atoms with Gasteiger partial charge in [0.15, 0.2) is 0 Å². The number of benzene rings is 1. The summed E-state index contributed by atoms with van der Waals surface area (Å²) in [6.07, 6.45) is 2.72. The number of ether oxygens (including phenoxy) is 1. The van der Waals surface area contributed by atoms with E-state index in [0.717, 1.165) is 10.4 Å². The fourth-order valence-corrected chi connectivity index (χ4v) is 3.18. The van der Waals surface area contributed by atoms with Crippen LogP contribution in [0.15, 0.2) is 30.3 Å². The summed E-state index contributed by atoms with van der Waals surface area (Å²) in [5.74, 6) is -0.960. The summed E-state index contributed by atoms with van der Waals surface area (Å²) in [6.45, 7) is 3.63. The third-order valence-corrected chi connectivity index (χ3v) is 4.64. The van der Waals surface area contributed by atoms with Gasteiger partial charge in [-0.25, -0.2) is 4.79 Å². The highest BCUT2D eigenvalue weighted by atomic mass is 32.1. The molecule has 0 saturated heterocycles. The molecule has 25 heavy (non-hydrogen) atoms. The first-order valence-corrected chi connectivity index (χ1v) is 8.07. The number of nitrogens with zero attached hydrogens (tertiary/aromatic N) is 1. The van der Waals surface area contributed by atoms with Gasteiger partial charge >= 0.3 is 5.97 Å². The minimum Gasteiger partial charge on any atom is -0.465 e. The van der Waals surface area contributed by atoms with Crippen molar-refractivity contribution in [1.82, 2.24) is 0 Å². The lowest BCUT2D eigenvalue weighted by atomic mass is 10.1. The van der Waals surface area contributed by atoms with Gasteiger partial charge in [-0.1, -0.05) is 12.1 Å². The normalized spacial score (nSPS) is 10.7. The topological polar surface area (TPSA) is 98.5 Å². The van der Waals surface area contributed by atoms with Crippen molar-refractivity contribution in [2.75, 3.05) is 12.4 Å². The molecular formula is C17H16N2O5S. The molecule has 8 heteroatoms. The lowest BCUT2D eigenvalue weighted by Crippen LogP contribution is -2.11. The Hall–Kier alpha value is -3.00. The van der Waals surface area contributed by atoms with Crippen LogP contribution in [0.2, 0.25) is 0 Å². The number of aryl methyl sites for hydroxylation is 1. The van der Waals surface area contributed by atoms with Crippen LogP contribution in [0, 0.1) is 24.0 Å². The van der Waals surface area contributed by atoms with Crippen molar-refractivity contribution in [3.05, 3.63) is 62.0 Å². The van der Waals surface area contributed by atoms with E-state index in [4.69, 9.17) is 4.74 Å². The Kier molecular flexibility index (Phi) is 5.66. The summed E-state index contributed by atoms with van der Waals surface area (Å²) in [5, 5.41) is 13.8. The van der Waals surface area contributed by atoms with Gasteiger partial charge < -0.3 is 10.1 Å². The second-order valence-electron chi connectivity index (χ2n) is 5.15. The van der Waals surface area contributed by atoms with Crippen molar-refractivity contribution in [2.24, 2.45) is 0 Å². The zero-order chi connectivity index (χ0) is 18.6. The number of anilines is 1. The number of nitrogens with one attached hydrogen (secondary N) is 1. The molecule has 0 saturated carbocycles. The van der Waals surface area contributed by atoms with Gasteiger partial charge in [0.05, 0.1) is 17.6 Å². The fourth-order valence-electron chi connectivity index (χ4n) is 2.13. The first-order valence-electron chi connectivity index (χ1n) is 7.25. The lowest BCUT2D eigenvalue weighted by Gasteiger charge is -2.04. The SMILES string of the molecule is COC(=O)c1c(NC(=O)C=Cc2cccc([N+](=O)[O-])c2)sc(C)c1C. The predicted octanol–water partition coefficient (Wildman–Crippen LogP) is 3.71. The van der Waals surface area contributed by atoms with Crippen LogP contribution < -0.4 is 5.32 Å². The standard InChI is InChI=1S/C17H16N2O5S/c1-10-11(2)25-16(15(10)17(21)24-3)18-14(20)8-7-12-5-4-6-13(9-12)19(22)23/h4-9H,1-3H3,(H,18,20). The molecule has 0 aliphatic heterocycles. The monoisotopic (exact) mass is 360 g/mol. The molecule has 0 aliphatic rings. The van der Waals surface area contributed by atoms with E-state index in [9.17, 15) is 19.7 Å². The highest BCUT2D eigenvalue weighted by Crippen LogP contribution is 2.32.